The summed E-state index contributed by atoms with van der Waals surface area (Å²) in [7, 11) is 0. The number of benzene rings is 2. The van der Waals surface area contributed by atoms with Crippen LogP contribution >= 0.6 is 34.8 Å². The number of carbonyl (C=O) groups excluding carboxylic acids is 1. The molecule has 0 atom stereocenters. The average molecular weight is 342 g/mol. The van der Waals surface area contributed by atoms with Crippen LogP contribution in [0.25, 0.3) is 0 Å². The Hall–Kier alpha value is -1.93. The molecule has 0 fully saturated rings. The van der Waals surface area contributed by atoms with Crippen LogP contribution in [0.15, 0.2) is 36.4 Å². The number of ether oxygens (including phenoxy) is 1. The SMILES string of the molecule is N#Cc1ccc(OC(=O)Nc2c(Cl)cc(Cl)cc2Cl)cc1. The maximum atomic E-state index is 11.8. The standard InChI is InChI=1S/C14H7Cl3N2O2/c15-9-5-11(16)13(12(17)6-9)19-14(20)21-10-3-1-8(7-18)2-4-10/h1-6H,(H,19,20). The number of carbonyl (C=O) groups is 1. The molecule has 0 saturated carbocycles. The van der Waals surface area contributed by atoms with Crippen LogP contribution in [0.2, 0.25) is 15.1 Å². The molecule has 0 aromatic heterocycles. The molecule has 106 valence electrons. The van der Waals surface area contributed by atoms with E-state index in [9.17, 15) is 4.79 Å². The van der Waals surface area contributed by atoms with E-state index in [-0.39, 0.29) is 21.5 Å². The topological polar surface area (TPSA) is 62.1 Å². The molecule has 0 unspecified atom stereocenters. The molecule has 0 bridgehead atoms. The van der Waals surface area contributed by atoms with Crippen LogP contribution in [-0.2, 0) is 0 Å². The first-order chi connectivity index (χ1) is 9.99. The van der Waals surface area contributed by atoms with Gasteiger partial charge in [0.1, 0.15) is 5.75 Å². The smallest absolute Gasteiger partial charge is 0.410 e. The van der Waals surface area contributed by atoms with Crippen molar-refractivity contribution in [3.8, 4) is 11.8 Å². The van der Waals surface area contributed by atoms with Crippen LogP contribution in [0.5, 0.6) is 5.75 Å². The Balaban J connectivity index is 2.10. The Morgan fingerprint density at radius 3 is 2.19 bits per heavy atom. The summed E-state index contributed by atoms with van der Waals surface area (Å²) in [4.78, 5) is 11.8. The lowest BCUT2D eigenvalue weighted by molar-refractivity contribution is 0.215. The fraction of sp³-hybridized carbons (Fsp3) is 0. The highest BCUT2D eigenvalue weighted by molar-refractivity contribution is 6.42. The van der Waals surface area contributed by atoms with Crippen molar-refractivity contribution >= 4 is 46.6 Å². The van der Waals surface area contributed by atoms with E-state index in [1.807, 2.05) is 6.07 Å². The molecule has 0 aliphatic carbocycles. The Kier molecular flexibility index (Phi) is 4.92. The van der Waals surface area contributed by atoms with E-state index in [1.165, 1.54) is 36.4 Å². The number of nitrogens with zero attached hydrogens (tertiary/aromatic N) is 1. The van der Waals surface area contributed by atoms with E-state index in [0.29, 0.717) is 10.6 Å². The van der Waals surface area contributed by atoms with Gasteiger partial charge in [-0.05, 0) is 36.4 Å². The maximum Gasteiger partial charge on any atom is 0.417 e. The monoisotopic (exact) mass is 340 g/mol. The quantitative estimate of drug-likeness (QED) is 0.823. The zero-order valence-corrected chi connectivity index (χ0v) is 12.6. The molecular weight excluding hydrogens is 335 g/mol. The predicted molar refractivity (Wildman–Crippen MR) is 82.3 cm³/mol. The zero-order valence-electron chi connectivity index (χ0n) is 10.4. The second kappa shape index (κ2) is 6.68. The third kappa shape index (κ3) is 4.02. The number of hydrogen-bond donors (Lipinski definition) is 1. The van der Waals surface area contributed by atoms with E-state index in [4.69, 9.17) is 44.8 Å². The lowest BCUT2D eigenvalue weighted by Crippen LogP contribution is -2.17. The fourth-order valence-electron chi connectivity index (χ4n) is 1.49. The van der Waals surface area contributed by atoms with Gasteiger partial charge in [-0.25, -0.2) is 4.79 Å². The second-order valence-corrected chi connectivity index (χ2v) is 5.15. The largest absolute Gasteiger partial charge is 0.417 e. The zero-order chi connectivity index (χ0) is 15.4. The van der Waals surface area contributed by atoms with Gasteiger partial charge in [0.25, 0.3) is 0 Å². The van der Waals surface area contributed by atoms with Crippen molar-refractivity contribution in [3.05, 3.63) is 57.0 Å². The average Bonchev–Trinajstić information content (AvgIpc) is 2.43. The molecule has 0 heterocycles. The summed E-state index contributed by atoms with van der Waals surface area (Å²) in [6, 6.07) is 10.9. The molecular formula is C14H7Cl3N2O2. The van der Waals surface area contributed by atoms with Gasteiger partial charge in [0, 0.05) is 5.02 Å². The summed E-state index contributed by atoms with van der Waals surface area (Å²) in [6.45, 7) is 0. The number of anilines is 1. The van der Waals surface area contributed by atoms with Gasteiger partial charge in [-0.2, -0.15) is 5.26 Å². The van der Waals surface area contributed by atoms with Crippen molar-refractivity contribution in [3.63, 3.8) is 0 Å². The van der Waals surface area contributed by atoms with Crippen LogP contribution in [0.1, 0.15) is 5.56 Å². The summed E-state index contributed by atoms with van der Waals surface area (Å²) in [6.07, 6.45) is -0.758. The molecule has 7 heteroatoms. The highest BCUT2D eigenvalue weighted by atomic mass is 35.5. The van der Waals surface area contributed by atoms with Crippen LogP contribution in [-0.4, -0.2) is 6.09 Å². The van der Waals surface area contributed by atoms with Crippen molar-refractivity contribution < 1.29 is 9.53 Å². The lowest BCUT2D eigenvalue weighted by Gasteiger charge is -2.10. The van der Waals surface area contributed by atoms with E-state index in [1.54, 1.807) is 0 Å². The van der Waals surface area contributed by atoms with Crippen molar-refractivity contribution in [1.82, 2.24) is 0 Å². The van der Waals surface area contributed by atoms with Crippen molar-refractivity contribution in [2.45, 2.75) is 0 Å². The van der Waals surface area contributed by atoms with Crippen LogP contribution in [0, 0.1) is 11.3 Å². The van der Waals surface area contributed by atoms with Gasteiger partial charge in [0.05, 0.1) is 27.4 Å². The summed E-state index contributed by atoms with van der Waals surface area (Å²) in [5.41, 5.74) is 0.674. The highest BCUT2D eigenvalue weighted by Gasteiger charge is 2.12. The first-order valence-electron chi connectivity index (χ1n) is 5.63. The normalized spacial score (nSPS) is 9.81. The first-order valence-corrected chi connectivity index (χ1v) is 6.76. The van der Waals surface area contributed by atoms with Crippen LogP contribution < -0.4 is 10.1 Å². The number of hydrogen-bond acceptors (Lipinski definition) is 3. The summed E-state index contributed by atoms with van der Waals surface area (Å²) < 4.78 is 5.05. The maximum absolute atomic E-state index is 11.8. The molecule has 0 aliphatic heterocycles. The number of amides is 1. The van der Waals surface area contributed by atoms with E-state index in [2.05, 4.69) is 5.32 Å². The van der Waals surface area contributed by atoms with Crippen LogP contribution in [0.3, 0.4) is 0 Å². The van der Waals surface area contributed by atoms with Gasteiger partial charge in [-0.15, -0.1) is 0 Å². The van der Waals surface area contributed by atoms with E-state index in [0.717, 1.165) is 0 Å². The summed E-state index contributed by atoms with van der Waals surface area (Å²) in [5, 5.41) is 11.9. The third-order valence-electron chi connectivity index (χ3n) is 2.43. The van der Waals surface area contributed by atoms with Crippen molar-refractivity contribution in [1.29, 1.82) is 5.26 Å². The number of nitrogens with one attached hydrogen (secondary N) is 1. The lowest BCUT2D eigenvalue weighted by atomic mass is 10.2. The first kappa shape index (κ1) is 15.5. The van der Waals surface area contributed by atoms with Gasteiger partial charge in [0.15, 0.2) is 0 Å². The fourth-order valence-corrected chi connectivity index (χ4v) is 2.41. The minimum absolute atomic E-state index is 0.198. The van der Waals surface area contributed by atoms with E-state index < -0.39 is 6.09 Å². The molecule has 4 nitrogen and oxygen atoms in total. The molecule has 2 aromatic rings. The number of halogens is 3. The van der Waals surface area contributed by atoms with Crippen molar-refractivity contribution in [2.75, 3.05) is 5.32 Å². The molecule has 2 aromatic carbocycles. The third-order valence-corrected chi connectivity index (χ3v) is 3.24. The van der Waals surface area contributed by atoms with Gasteiger partial charge in [0.2, 0.25) is 0 Å². The Bertz CT molecular complexity index is 701. The Morgan fingerprint density at radius 1 is 1.10 bits per heavy atom. The molecule has 1 N–H and O–H groups in total. The Labute approximate surface area is 135 Å². The van der Waals surface area contributed by atoms with Crippen molar-refractivity contribution in [2.24, 2.45) is 0 Å². The number of nitriles is 1. The molecule has 0 aliphatic rings. The molecule has 2 rings (SSSR count). The molecule has 0 saturated heterocycles. The Morgan fingerprint density at radius 2 is 1.67 bits per heavy atom. The van der Waals surface area contributed by atoms with E-state index >= 15 is 0 Å². The van der Waals surface area contributed by atoms with Gasteiger partial charge >= 0.3 is 6.09 Å². The number of rotatable bonds is 2. The second-order valence-electron chi connectivity index (χ2n) is 3.90. The minimum Gasteiger partial charge on any atom is -0.410 e. The van der Waals surface area contributed by atoms with Gasteiger partial charge in [-0.3, -0.25) is 5.32 Å². The van der Waals surface area contributed by atoms with Gasteiger partial charge < -0.3 is 4.74 Å². The molecule has 21 heavy (non-hydrogen) atoms. The van der Waals surface area contributed by atoms with Crippen LogP contribution in [0.4, 0.5) is 10.5 Å². The summed E-state index contributed by atoms with van der Waals surface area (Å²) in [5.74, 6) is 0.285. The minimum atomic E-state index is -0.758. The highest BCUT2D eigenvalue weighted by Crippen LogP contribution is 2.33. The molecule has 0 radical (unpaired) electrons. The molecule has 1 amide bonds. The molecule has 0 spiro atoms. The van der Waals surface area contributed by atoms with Gasteiger partial charge in [-0.1, -0.05) is 34.8 Å². The predicted octanol–water partition coefficient (Wildman–Crippen LogP) is 5.13. The summed E-state index contributed by atoms with van der Waals surface area (Å²) >= 11 is 17.7.